The Hall–Kier alpha value is -2.73. The van der Waals surface area contributed by atoms with E-state index in [9.17, 15) is 9.59 Å². The fourth-order valence-electron chi connectivity index (χ4n) is 6.74. The molecule has 302 valence electrons. The zero-order chi connectivity index (χ0) is 38.3. The van der Waals surface area contributed by atoms with Crippen molar-refractivity contribution in [3.8, 4) is 0 Å². The number of ketones is 1. The third-order valence-electron chi connectivity index (χ3n) is 9.99. The lowest BCUT2D eigenvalue weighted by Gasteiger charge is -2.23. The van der Waals surface area contributed by atoms with Crippen molar-refractivity contribution >= 4 is 11.7 Å². The Kier molecular flexibility index (Phi) is 34.2. The van der Waals surface area contributed by atoms with Crippen LogP contribution in [0, 0.1) is 0 Å². The number of aromatic amines is 1. The third-order valence-corrected chi connectivity index (χ3v) is 9.99. The Morgan fingerprint density at radius 3 is 1.49 bits per heavy atom. The Balaban J connectivity index is 2.33. The molecule has 2 N–H and O–H groups in total. The number of unbranched alkanes of at least 4 members (excludes halogenated alkanes) is 18. The molecule has 1 rings (SSSR count). The zero-order valence-corrected chi connectivity index (χ0v) is 34.8. The van der Waals surface area contributed by atoms with Gasteiger partial charge in [-0.3, -0.25) is 9.59 Å². The highest BCUT2D eigenvalue weighted by molar-refractivity contribution is 5.88. The number of H-pyrrole nitrogens is 1. The first-order valence-electron chi connectivity index (χ1n) is 22.2. The zero-order valence-electron chi connectivity index (χ0n) is 34.8. The number of hydrogen-bond acceptors (Lipinski definition) is 4. The van der Waals surface area contributed by atoms with E-state index in [0.717, 1.165) is 44.6 Å². The molecule has 0 aliphatic heterocycles. The molecule has 1 atom stereocenters. The van der Waals surface area contributed by atoms with E-state index in [1.165, 1.54) is 148 Å². The first kappa shape index (κ1) is 48.3. The third kappa shape index (κ3) is 32.4. The second-order valence-electron chi connectivity index (χ2n) is 15.1. The number of amides is 1. The largest absolute Gasteiger partial charge is 0.348 e. The van der Waals surface area contributed by atoms with Gasteiger partial charge in [-0.2, -0.15) is 0 Å². The van der Waals surface area contributed by atoms with Crippen molar-refractivity contribution in [3.63, 3.8) is 0 Å². The lowest BCUT2D eigenvalue weighted by atomic mass is 10.0. The van der Waals surface area contributed by atoms with Crippen molar-refractivity contribution in [1.29, 1.82) is 0 Å². The maximum absolute atomic E-state index is 13.1. The van der Waals surface area contributed by atoms with Gasteiger partial charge < -0.3 is 15.2 Å². The van der Waals surface area contributed by atoms with E-state index < -0.39 is 6.04 Å². The minimum atomic E-state index is -0.498. The number of nitrogens with one attached hydrogen (secondary N) is 2. The fourth-order valence-corrected chi connectivity index (χ4v) is 6.74. The Labute approximate surface area is 327 Å². The van der Waals surface area contributed by atoms with Crippen LogP contribution in [0.5, 0.6) is 0 Å². The molecule has 0 saturated heterocycles. The molecule has 0 bridgehead atoms. The summed E-state index contributed by atoms with van der Waals surface area (Å²) in [4.78, 5) is 34.7. The number of imidazole rings is 1. The van der Waals surface area contributed by atoms with Gasteiger partial charge in [0.15, 0.2) is 5.78 Å². The predicted octanol–water partition coefficient (Wildman–Crippen LogP) is 12.7. The average molecular weight is 735 g/mol. The highest BCUT2D eigenvalue weighted by atomic mass is 16.2. The van der Waals surface area contributed by atoms with Gasteiger partial charge in [0, 0.05) is 31.7 Å². The standard InChI is InChI=1S/C47H82N4O2/c1-4-6-8-10-12-14-16-18-20-22-24-26-28-30-32-34-38-51(40-36-37-47(53)46(50-44(3)52)41-45-42-48-43-49-45)39-35-33-31-29-27-25-23-21-19-17-15-13-11-9-7-5-2/h12-15,18-21,42-43,46H,4-11,16-17,22-41H2,1-3H3,(H,48,49)(H,50,52)/b14-12-,15-13-,20-18-,21-19-/t46-/m0/s1. The van der Waals surface area contributed by atoms with Gasteiger partial charge in [0.05, 0.1) is 12.4 Å². The highest BCUT2D eigenvalue weighted by Crippen LogP contribution is 2.13. The van der Waals surface area contributed by atoms with Gasteiger partial charge in [-0.15, -0.1) is 0 Å². The molecule has 0 unspecified atom stereocenters. The first-order chi connectivity index (χ1) is 26.1. The van der Waals surface area contributed by atoms with Crippen LogP contribution in [0.2, 0.25) is 0 Å². The minimum absolute atomic E-state index is 0.109. The monoisotopic (exact) mass is 735 g/mol. The van der Waals surface area contributed by atoms with E-state index in [4.69, 9.17) is 0 Å². The molecule has 0 aliphatic carbocycles. The average Bonchev–Trinajstić information content (AvgIpc) is 3.67. The first-order valence-corrected chi connectivity index (χ1v) is 22.2. The normalized spacial score (nSPS) is 12.8. The van der Waals surface area contributed by atoms with Crippen LogP contribution in [-0.4, -0.2) is 52.2 Å². The number of carbonyl (C=O) groups is 2. The van der Waals surface area contributed by atoms with Crippen molar-refractivity contribution in [2.24, 2.45) is 0 Å². The number of rotatable bonds is 38. The van der Waals surface area contributed by atoms with Crippen molar-refractivity contribution in [2.75, 3.05) is 19.6 Å². The van der Waals surface area contributed by atoms with Crippen molar-refractivity contribution in [1.82, 2.24) is 20.2 Å². The highest BCUT2D eigenvalue weighted by Gasteiger charge is 2.20. The maximum atomic E-state index is 13.1. The molecule has 1 aromatic heterocycles. The fraction of sp³-hybridized carbons (Fsp3) is 0.723. The Morgan fingerprint density at radius 2 is 1.06 bits per heavy atom. The summed E-state index contributed by atoms with van der Waals surface area (Å²) >= 11 is 0. The maximum Gasteiger partial charge on any atom is 0.217 e. The van der Waals surface area contributed by atoms with E-state index in [1.807, 2.05) is 0 Å². The summed E-state index contributed by atoms with van der Waals surface area (Å²) < 4.78 is 0. The lowest BCUT2D eigenvalue weighted by molar-refractivity contribution is -0.126. The summed E-state index contributed by atoms with van der Waals surface area (Å²) in [7, 11) is 0. The van der Waals surface area contributed by atoms with Gasteiger partial charge >= 0.3 is 0 Å². The summed E-state index contributed by atoms with van der Waals surface area (Å²) in [5, 5.41) is 2.86. The van der Waals surface area contributed by atoms with E-state index in [-0.39, 0.29) is 11.7 Å². The van der Waals surface area contributed by atoms with Crippen LogP contribution >= 0.6 is 0 Å². The second kappa shape index (κ2) is 37.6. The molecule has 1 amide bonds. The summed E-state index contributed by atoms with van der Waals surface area (Å²) in [6, 6.07) is -0.498. The van der Waals surface area contributed by atoms with Crippen molar-refractivity contribution < 1.29 is 9.59 Å². The molecular formula is C47H82N4O2. The molecule has 0 saturated carbocycles. The van der Waals surface area contributed by atoms with Crippen molar-refractivity contribution in [2.45, 2.75) is 200 Å². The summed E-state index contributed by atoms with van der Waals surface area (Å²) in [5.74, 6) is -0.0588. The summed E-state index contributed by atoms with van der Waals surface area (Å²) in [6.07, 6.45) is 54.3. The van der Waals surface area contributed by atoms with Crippen molar-refractivity contribution in [3.05, 3.63) is 66.8 Å². The molecule has 1 heterocycles. The van der Waals surface area contributed by atoms with Gasteiger partial charge in [-0.1, -0.05) is 140 Å². The molecule has 6 heteroatoms. The molecule has 0 spiro atoms. The molecular weight excluding hydrogens is 653 g/mol. The number of carbonyl (C=O) groups excluding carboxylic acids is 2. The second-order valence-corrected chi connectivity index (χ2v) is 15.1. The van der Waals surface area contributed by atoms with Crippen LogP contribution < -0.4 is 5.32 Å². The van der Waals surface area contributed by atoms with Gasteiger partial charge in [-0.25, -0.2) is 4.98 Å². The molecule has 0 radical (unpaired) electrons. The Bertz CT molecular complexity index is 1030. The minimum Gasteiger partial charge on any atom is -0.348 e. The predicted molar refractivity (Wildman–Crippen MR) is 229 cm³/mol. The number of hydrogen-bond donors (Lipinski definition) is 2. The molecule has 1 aromatic rings. The molecule has 0 aliphatic rings. The molecule has 53 heavy (non-hydrogen) atoms. The Morgan fingerprint density at radius 1 is 0.623 bits per heavy atom. The number of aromatic nitrogens is 2. The van der Waals surface area contributed by atoms with Gasteiger partial charge in [0.25, 0.3) is 0 Å². The molecule has 0 fully saturated rings. The number of Topliss-reactive ketones (excluding diaryl/α,β-unsaturated/α-hetero) is 1. The van der Waals surface area contributed by atoms with Crippen LogP contribution in [0.4, 0.5) is 0 Å². The lowest BCUT2D eigenvalue weighted by Crippen LogP contribution is -2.41. The van der Waals surface area contributed by atoms with Gasteiger partial charge in [0.2, 0.25) is 5.91 Å². The van der Waals surface area contributed by atoms with E-state index >= 15 is 0 Å². The van der Waals surface area contributed by atoms with Crippen LogP contribution in [0.25, 0.3) is 0 Å². The number of allylic oxidation sites excluding steroid dienone is 8. The smallest absolute Gasteiger partial charge is 0.217 e. The molecule has 0 aromatic carbocycles. The van der Waals surface area contributed by atoms with Crippen LogP contribution in [0.3, 0.4) is 0 Å². The van der Waals surface area contributed by atoms with Crippen LogP contribution in [-0.2, 0) is 16.0 Å². The van der Waals surface area contributed by atoms with Gasteiger partial charge in [0.1, 0.15) is 0 Å². The summed E-state index contributed by atoms with van der Waals surface area (Å²) in [5.41, 5.74) is 0.869. The van der Waals surface area contributed by atoms with Gasteiger partial charge in [-0.05, 0) is 103 Å². The SMILES string of the molecule is CCCCC/C=C\C/C=C\CCCCCCCCN(CCCCCCCC/C=C\C/C=C\CCCCC)CCCC(=O)[C@H](Cc1cnc[nH]1)NC(C)=O. The quantitative estimate of drug-likeness (QED) is 0.0524. The van der Waals surface area contributed by atoms with Crippen LogP contribution in [0.1, 0.15) is 193 Å². The molecule has 6 nitrogen and oxygen atoms in total. The van der Waals surface area contributed by atoms with E-state index in [1.54, 1.807) is 12.5 Å². The van der Waals surface area contributed by atoms with E-state index in [0.29, 0.717) is 12.8 Å². The van der Waals surface area contributed by atoms with E-state index in [2.05, 4.69) is 82.6 Å². The van der Waals surface area contributed by atoms with Crippen LogP contribution in [0.15, 0.2) is 61.1 Å². The number of nitrogens with zero attached hydrogens (tertiary/aromatic N) is 2. The topological polar surface area (TPSA) is 78.1 Å². The summed E-state index contributed by atoms with van der Waals surface area (Å²) in [6.45, 7) is 9.18.